The van der Waals surface area contributed by atoms with Crippen LogP contribution in [0.1, 0.15) is 57.7 Å². The summed E-state index contributed by atoms with van der Waals surface area (Å²) in [6.45, 7) is 14.5. The molecule has 1 aromatic carbocycles. The van der Waals surface area contributed by atoms with Gasteiger partial charge in [-0.3, -0.25) is 0 Å². The van der Waals surface area contributed by atoms with E-state index in [1.54, 1.807) is 22.3 Å². The highest BCUT2D eigenvalue weighted by Gasteiger charge is 2.45. The van der Waals surface area contributed by atoms with Crippen molar-refractivity contribution in [2.75, 3.05) is 0 Å². The summed E-state index contributed by atoms with van der Waals surface area (Å²) in [5.74, 6) is 0.638. The highest BCUT2D eigenvalue weighted by Crippen LogP contribution is 2.50. The molecule has 0 amide bonds. The molecule has 0 bridgehead atoms. The van der Waals surface area contributed by atoms with Crippen LogP contribution < -0.4 is 0 Å². The van der Waals surface area contributed by atoms with Crippen LogP contribution >= 0.6 is 0 Å². The van der Waals surface area contributed by atoms with Crippen molar-refractivity contribution in [3.05, 3.63) is 63.4 Å². The molecule has 1 aromatic rings. The molecule has 3 rings (SSSR count). The fourth-order valence-corrected chi connectivity index (χ4v) is 10.7. The van der Waals surface area contributed by atoms with Crippen LogP contribution in [0.4, 0.5) is 0 Å². The Bertz CT molecular complexity index is 719. The maximum absolute atomic E-state index is 2.65. The van der Waals surface area contributed by atoms with Gasteiger partial charge >= 0.3 is 0 Å². The van der Waals surface area contributed by atoms with Crippen molar-refractivity contribution in [1.29, 1.82) is 0 Å². The minimum absolute atomic E-state index is 0.638. The highest BCUT2D eigenvalue weighted by atomic mass is 28.3. The second-order valence-electron chi connectivity index (χ2n) is 7.70. The summed E-state index contributed by atoms with van der Waals surface area (Å²) in [6, 6.07) is 10.4. The van der Waals surface area contributed by atoms with Crippen LogP contribution in [0.15, 0.2) is 52.3 Å². The summed E-state index contributed by atoms with van der Waals surface area (Å²) in [4.78, 5) is 0. The summed E-state index contributed by atoms with van der Waals surface area (Å²) >= 11 is 0. The van der Waals surface area contributed by atoms with Crippen molar-refractivity contribution in [3.8, 4) is 0 Å². The standard InChI is InChI=1S/C22H30Si/c1-7-14-23(6,22-17(4)15(2)16(3)18(22)5)21-13-12-19-10-8-9-11-20(19)21/h8-13,17,21H,7,14H2,1-6H3. The molecule has 122 valence electrons. The third-order valence-electron chi connectivity index (χ3n) is 6.51. The van der Waals surface area contributed by atoms with Crippen molar-refractivity contribution >= 4 is 14.1 Å². The van der Waals surface area contributed by atoms with Crippen LogP contribution in [0.3, 0.4) is 0 Å². The molecule has 0 N–H and O–H groups in total. The van der Waals surface area contributed by atoms with Gasteiger partial charge in [0, 0.05) is 5.54 Å². The lowest BCUT2D eigenvalue weighted by molar-refractivity contribution is 0.832. The second-order valence-corrected chi connectivity index (χ2v) is 12.2. The van der Waals surface area contributed by atoms with E-state index in [-0.39, 0.29) is 0 Å². The second kappa shape index (κ2) is 5.94. The number of allylic oxidation sites excluding steroid dienone is 5. The molecule has 0 radical (unpaired) electrons. The van der Waals surface area contributed by atoms with Crippen LogP contribution in [0.2, 0.25) is 12.6 Å². The van der Waals surface area contributed by atoms with E-state index >= 15 is 0 Å². The van der Waals surface area contributed by atoms with E-state index in [1.165, 1.54) is 18.0 Å². The summed E-state index contributed by atoms with van der Waals surface area (Å²) in [6.07, 6.45) is 6.17. The fourth-order valence-electron chi connectivity index (χ4n) is 5.07. The average molecular weight is 323 g/mol. The fraction of sp³-hybridized carbons (Fsp3) is 0.455. The van der Waals surface area contributed by atoms with E-state index in [9.17, 15) is 0 Å². The topological polar surface area (TPSA) is 0 Å². The molecule has 23 heavy (non-hydrogen) atoms. The minimum atomic E-state index is -1.59. The van der Waals surface area contributed by atoms with Crippen molar-refractivity contribution < 1.29 is 0 Å². The molecule has 2 aliphatic carbocycles. The molecule has 0 saturated carbocycles. The molecule has 2 aliphatic rings. The van der Waals surface area contributed by atoms with Crippen LogP contribution in [0.5, 0.6) is 0 Å². The zero-order chi connectivity index (χ0) is 16.8. The first-order valence-electron chi connectivity index (χ1n) is 9.08. The van der Waals surface area contributed by atoms with Gasteiger partial charge in [0.05, 0.1) is 8.07 Å². The predicted octanol–water partition coefficient (Wildman–Crippen LogP) is 6.67. The van der Waals surface area contributed by atoms with Gasteiger partial charge in [0.1, 0.15) is 0 Å². The van der Waals surface area contributed by atoms with Gasteiger partial charge in [0.2, 0.25) is 0 Å². The normalized spacial score (nSPS) is 26.0. The number of rotatable bonds is 4. The first-order chi connectivity index (χ1) is 10.9. The molecule has 3 unspecified atom stereocenters. The summed E-state index contributed by atoms with van der Waals surface area (Å²) in [5, 5.41) is 1.82. The lowest BCUT2D eigenvalue weighted by Gasteiger charge is -2.38. The molecule has 0 spiro atoms. The Balaban J connectivity index is 2.12. The Kier molecular flexibility index (Phi) is 4.26. The van der Waals surface area contributed by atoms with Crippen molar-refractivity contribution in [1.82, 2.24) is 0 Å². The van der Waals surface area contributed by atoms with E-state index in [0.29, 0.717) is 11.5 Å². The Hall–Kier alpha value is -1.34. The summed E-state index contributed by atoms with van der Waals surface area (Å²) in [5.41, 5.74) is 8.42. The summed E-state index contributed by atoms with van der Waals surface area (Å²) in [7, 11) is -1.59. The number of fused-ring (bicyclic) bond motifs is 1. The van der Waals surface area contributed by atoms with Gasteiger partial charge < -0.3 is 0 Å². The zero-order valence-electron chi connectivity index (χ0n) is 15.5. The van der Waals surface area contributed by atoms with Gasteiger partial charge in [-0.25, -0.2) is 0 Å². The molecule has 0 aliphatic heterocycles. The van der Waals surface area contributed by atoms with Crippen LogP contribution in [-0.2, 0) is 0 Å². The molecule has 0 fully saturated rings. The maximum Gasteiger partial charge on any atom is 0.0910 e. The molecule has 0 nitrogen and oxygen atoms in total. The van der Waals surface area contributed by atoms with Gasteiger partial charge in [-0.1, -0.05) is 85.6 Å². The smallest absolute Gasteiger partial charge is 0.0788 e. The molecule has 1 heteroatoms. The molecule has 0 heterocycles. The number of hydrogen-bond donors (Lipinski definition) is 0. The SMILES string of the molecule is CCC[Si](C)(C1=C(C)C(C)=C(C)C1C)C1C=Cc2ccccc21. The Labute approximate surface area is 143 Å². The Morgan fingerprint density at radius 2 is 1.74 bits per heavy atom. The molecule has 0 saturated heterocycles. The average Bonchev–Trinajstić information content (AvgIpc) is 3.05. The van der Waals surface area contributed by atoms with Crippen molar-refractivity contribution in [2.45, 2.75) is 59.2 Å². The Morgan fingerprint density at radius 3 is 2.35 bits per heavy atom. The molecular weight excluding hydrogens is 292 g/mol. The lowest BCUT2D eigenvalue weighted by atomic mass is 10.1. The first kappa shape index (κ1) is 16.5. The molecule has 3 atom stereocenters. The van der Waals surface area contributed by atoms with Gasteiger partial charge in [-0.2, -0.15) is 0 Å². The maximum atomic E-state index is 2.65. The van der Waals surface area contributed by atoms with Crippen LogP contribution in [-0.4, -0.2) is 8.07 Å². The van der Waals surface area contributed by atoms with E-state index in [0.717, 1.165) is 0 Å². The largest absolute Gasteiger partial charge is 0.0910 e. The van der Waals surface area contributed by atoms with Crippen molar-refractivity contribution in [3.63, 3.8) is 0 Å². The molecular formula is C22H30Si. The summed E-state index contributed by atoms with van der Waals surface area (Å²) < 4.78 is 0. The van der Waals surface area contributed by atoms with E-state index in [1.807, 2.05) is 5.20 Å². The zero-order valence-corrected chi connectivity index (χ0v) is 16.5. The quantitative estimate of drug-likeness (QED) is 0.543. The van der Waals surface area contributed by atoms with Crippen LogP contribution in [0.25, 0.3) is 6.08 Å². The van der Waals surface area contributed by atoms with Gasteiger partial charge in [-0.15, -0.1) is 0 Å². The van der Waals surface area contributed by atoms with Crippen molar-refractivity contribution in [2.24, 2.45) is 5.92 Å². The van der Waals surface area contributed by atoms with E-state index < -0.39 is 8.07 Å². The monoisotopic (exact) mass is 322 g/mol. The van der Waals surface area contributed by atoms with E-state index in [4.69, 9.17) is 0 Å². The highest BCUT2D eigenvalue weighted by molar-refractivity contribution is 6.87. The van der Waals surface area contributed by atoms with Gasteiger partial charge in [0.25, 0.3) is 0 Å². The van der Waals surface area contributed by atoms with Gasteiger partial charge in [0.15, 0.2) is 0 Å². The Morgan fingerprint density at radius 1 is 1.04 bits per heavy atom. The third-order valence-corrected chi connectivity index (χ3v) is 12.0. The first-order valence-corrected chi connectivity index (χ1v) is 11.9. The van der Waals surface area contributed by atoms with Crippen LogP contribution in [0, 0.1) is 5.92 Å². The van der Waals surface area contributed by atoms with E-state index in [2.05, 4.69) is 77.6 Å². The predicted molar refractivity (Wildman–Crippen MR) is 105 cm³/mol. The number of benzene rings is 1. The molecule has 0 aromatic heterocycles. The lowest BCUT2D eigenvalue weighted by Crippen LogP contribution is -2.42. The van der Waals surface area contributed by atoms with Gasteiger partial charge in [-0.05, 0) is 43.4 Å². The number of hydrogen-bond acceptors (Lipinski definition) is 0. The third kappa shape index (κ3) is 2.41. The minimum Gasteiger partial charge on any atom is -0.0788 e.